The highest BCUT2D eigenvalue weighted by molar-refractivity contribution is 9.10. The number of fused-ring (bicyclic) bond motifs is 1. The lowest BCUT2D eigenvalue weighted by atomic mass is 10.2. The number of benzene rings is 1. The molecule has 9 heteroatoms. The Kier molecular flexibility index (Phi) is 5.15. The molecule has 0 radical (unpaired) electrons. The number of aromatic nitrogens is 4. The predicted molar refractivity (Wildman–Crippen MR) is 106 cm³/mol. The van der Waals surface area contributed by atoms with Crippen LogP contribution in [0.3, 0.4) is 0 Å². The molecule has 3 aromatic heterocycles. The highest BCUT2D eigenvalue weighted by Gasteiger charge is 2.15. The van der Waals surface area contributed by atoms with Crippen molar-refractivity contribution in [3.63, 3.8) is 0 Å². The van der Waals surface area contributed by atoms with E-state index in [1.54, 1.807) is 34.1 Å². The molecule has 0 unspecified atom stereocenters. The van der Waals surface area contributed by atoms with Crippen LogP contribution in [0.2, 0.25) is 0 Å². The summed E-state index contributed by atoms with van der Waals surface area (Å²) in [6.07, 6.45) is 0. The van der Waals surface area contributed by atoms with Gasteiger partial charge in [-0.25, -0.2) is 4.39 Å². The molecule has 27 heavy (non-hydrogen) atoms. The molecule has 4 rings (SSSR count). The summed E-state index contributed by atoms with van der Waals surface area (Å²) < 4.78 is 16.6. The number of hydrogen-bond acceptors (Lipinski definition) is 6. The summed E-state index contributed by atoms with van der Waals surface area (Å²) in [5.41, 5.74) is 2.07. The number of rotatable bonds is 6. The van der Waals surface area contributed by atoms with Crippen LogP contribution >= 0.6 is 27.3 Å². The van der Waals surface area contributed by atoms with Gasteiger partial charge in [0.25, 0.3) is 0 Å². The third kappa shape index (κ3) is 3.71. The molecule has 0 fully saturated rings. The second-order valence-electron chi connectivity index (χ2n) is 5.88. The van der Waals surface area contributed by atoms with E-state index in [9.17, 15) is 9.50 Å². The highest BCUT2D eigenvalue weighted by Crippen LogP contribution is 2.23. The van der Waals surface area contributed by atoms with Gasteiger partial charge in [-0.1, -0.05) is 15.9 Å². The number of nitrogens with zero attached hydrogens (tertiary/aromatic N) is 5. The van der Waals surface area contributed by atoms with Gasteiger partial charge in [0.15, 0.2) is 11.5 Å². The van der Waals surface area contributed by atoms with Gasteiger partial charge in [0.05, 0.1) is 6.61 Å². The fourth-order valence-corrected chi connectivity index (χ4v) is 3.83. The summed E-state index contributed by atoms with van der Waals surface area (Å²) in [7, 11) is 0. The van der Waals surface area contributed by atoms with E-state index in [2.05, 4.69) is 31.2 Å². The van der Waals surface area contributed by atoms with Gasteiger partial charge >= 0.3 is 0 Å². The van der Waals surface area contributed by atoms with Crippen LogP contribution in [0.25, 0.3) is 17.0 Å². The molecular formula is C18H15BrFN5OS. The first kappa shape index (κ1) is 18.0. The van der Waals surface area contributed by atoms with Crippen LogP contribution in [-0.4, -0.2) is 38.1 Å². The molecule has 0 bridgehead atoms. The summed E-state index contributed by atoms with van der Waals surface area (Å²) in [4.78, 5) is 1.82. The van der Waals surface area contributed by atoms with Crippen molar-refractivity contribution in [1.82, 2.24) is 19.8 Å². The van der Waals surface area contributed by atoms with Gasteiger partial charge < -0.3 is 10.0 Å². The van der Waals surface area contributed by atoms with Crippen molar-refractivity contribution in [3.05, 3.63) is 63.0 Å². The van der Waals surface area contributed by atoms with Crippen molar-refractivity contribution in [1.29, 1.82) is 0 Å². The van der Waals surface area contributed by atoms with Crippen LogP contribution in [0.15, 0.2) is 51.6 Å². The maximum absolute atomic E-state index is 14.2. The number of thiophene rings is 1. The molecule has 4 aromatic rings. The van der Waals surface area contributed by atoms with Crippen LogP contribution < -0.4 is 4.90 Å². The van der Waals surface area contributed by atoms with Crippen molar-refractivity contribution >= 4 is 38.7 Å². The van der Waals surface area contributed by atoms with E-state index in [1.165, 1.54) is 6.07 Å². The number of halogens is 2. The average molecular weight is 448 g/mol. The largest absolute Gasteiger partial charge is 0.395 e. The lowest BCUT2D eigenvalue weighted by Crippen LogP contribution is -2.28. The third-order valence-corrected chi connectivity index (χ3v) is 5.27. The standard InChI is InChI=1S/C18H15BrFN5OS/c19-14-1-2-15(20)13(9-14)10-24(6-7-26)17-4-3-16-21-22-18(25(16)23-17)12-5-8-27-11-12/h1-5,8-9,11,26H,6-7,10H2. The molecule has 0 aliphatic rings. The summed E-state index contributed by atoms with van der Waals surface area (Å²) in [6, 6.07) is 10.4. The smallest absolute Gasteiger partial charge is 0.186 e. The van der Waals surface area contributed by atoms with Crippen LogP contribution in [0, 0.1) is 5.82 Å². The SMILES string of the molecule is OCCN(Cc1cc(Br)ccc1F)c1ccc2nnc(-c3ccsc3)n2n1. The Morgan fingerprint density at radius 3 is 2.85 bits per heavy atom. The molecule has 3 heterocycles. The van der Waals surface area contributed by atoms with E-state index >= 15 is 0 Å². The monoisotopic (exact) mass is 447 g/mol. The maximum atomic E-state index is 14.2. The maximum Gasteiger partial charge on any atom is 0.186 e. The molecule has 6 nitrogen and oxygen atoms in total. The number of aliphatic hydroxyl groups excluding tert-OH is 1. The Bertz CT molecular complexity index is 1070. The van der Waals surface area contributed by atoms with Crippen LogP contribution in [0.1, 0.15) is 5.56 Å². The van der Waals surface area contributed by atoms with Crippen molar-refractivity contribution in [3.8, 4) is 11.4 Å². The predicted octanol–water partition coefficient (Wildman–Crippen LogP) is 3.75. The molecule has 138 valence electrons. The average Bonchev–Trinajstić information content (AvgIpc) is 3.33. The number of anilines is 1. The van der Waals surface area contributed by atoms with E-state index in [-0.39, 0.29) is 19.0 Å². The molecule has 0 amide bonds. The first-order valence-corrected chi connectivity index (χ1v) is 9.94. The molecule has 1 aromatic carbocycles. The zero-order chi connectivity index (χ0) is 18.8. The van der Waals surface area contributed by atoms with E-state index in [1.807, 2.05) is 27.8 Å². The summed E-state index contributed by atoms with van der Waals surface area (Å²) in [5, 5.41) is 26.4. The Morgan fingerprint density at radius 2 is 2.07 bits per heavy atom. The molecule has 0 atom stereocenters. The van der Waals surface area contributed by atoms with Gasteiger partial charge in [0, 0.05) is 34.1 Å². The fraction of sp³-hybridized carbons (Fsp3) is 0.167. The molecule has 0 aliphatic carbocycles. The van der Waals surface area contributed by atoms with Gasteiger partial charge in [-0.05, 0) is 41.8 Å². The summed E-state index contributed by atoms with van der Waals surface area (Å²) in [5.74, 6) is 0.948. The van der Waals surface area contributed by atoms with Gasteiger partial charge in [0.2, 0.25) is 0 Å². The Balaban J connectivity index is 1.73. The topological polar surface area (TPSA) is 66.5 Å². The first-order valence-electron chi connectivity index (χ1n) is 8.20. The minimum Gasteiger partial charge on any atom is -0.395 e. The van der Waals surface area contributed by atoms with Crippen LogP contribution in [0.5, 0.6) is 0 Å². The Hall–Kier alpha value is -2.36. The summed E-state index contributed by atoms with van der Waals surface area (Å²) >= 11 is 4.94. The minimum absolute atomic E-state index is 0.0745. The molecule has 0 spiro atoms. The second-order valence-corrected chi connectivity index (χ2v) is 7.57. The van der Waals surface area contributed by atoms with E-state index in [4.69, 9.17) is 0 Å². The van der Waals surface area contributed by atoms with E-state index in [0.29, 0.717) is 29.4 Å². The lowest BCUT2D eigenvalue weighted by molar-refractivity contribution is 0.301. The van der Waals surface area contributed by atoms with Gasteiger partial charge in [-0.3, -0.25) is 0 Å². The number of hydrogen-bond donors (Lipinski definition) is 1. The third-order valence-electron chi connectivity index (χ3n) is 4.09. The Labute approximate surface area is 167 Å². The van der Waals surface area contributed by atoms with Crippen molar-refractivity contribution in [2.75, 3.05) is 18.1 Å². The van der Waals surface area contributed by atoms with Crippen molar-refractivity contribution in [2.45, 2.75) is 6.54 Å². The summed E-state index contributed by atoms with van der Waals surface area (Å²) in [6.45, 7) is 0.523. The second kappa shape index (κ2) is 7.71. The van der Waals surface area contributed by atoms with Crippen LogP contribution in [-0.2, 0) is 6.54 Å². The van der Waals surface area contributed by atoms with Gasteiger partial charge in [0.1, 0.15) is 11.6 Å². The zero-order valence-corrected chi connectivity index (χ0v) is 16.5. The van der Waals surface area contributed by atoms with Gasteiger partial charge in [-0.2, -0.15) is 15.9 Å². The van der Waals surface area contributed by atoms with E-state index in [0.717, 1.165) is 10.0 Å². The van der Waals surface area contributed by atoms with Gasteiger partial charge in [-0.15, -0.1) is 15.3 Å². The molecule has 1 N–H and O–H groups in total. The van der Waals surface area contributed by atoms with Crippen molar-refractivity contribution in [2.24, 2.45) is 0 Å². The Morgan fingerprint density at radius 1 is 1.19 bits per heavy atom. The molecule has 0 saturated heterocycles. The molecule has 0 aliphatic heterocycles. The highest BCUT2D eigenvalue weighted by atomic mass is 79.9. The van der Waals surface area contributed by atoms with Crippen LogP contribution in [0.4, 0.5) is 10.2 Å². The number of aliphatic hydroxyl groups is 1. The minimum atomic E-state index is -0.300. The normalized spacial score (nSPS) is 11.2. The quantitative estimate of drug-likeness (QED) is 0.487. The fourth-order valence-electron chi connectivity index (χ4n) is 2.78. The van der Waals surface area contributed by atoms with E-state index < -0.39 is 0 Å². The zero-order valence-electron chi connectivity index (χ0n) is 14.1. The molecular weight excluding hydrogens is 433 g/mol. The first-order chi connectivity index (χ1) is 13.2. The van der Waals surface area contributed by atoms with Crippen molar-refractivity contribution < 1.29 is 9.50 Å². The lowest BCUT2D eigenvalue weighted by Gasteiger charge is -2.23. The molecule has 0 saturated carbocycles.